The fourth-order valence-electron chi connectivity index (χ4n) is 3.33. The van der Waals surface area contributed by atoms with Crippen LogP contribution in [0.25, 0.3) is 5.69 Å². The van der Waals surface area contributed by atoms with E-state index in [2.05, 4.69) is 5.10 Å². The Hall–Kier alpha value is -3.55. The lowest BCUT2D eigenvalue weighted by molar-refractivity contribution is -0.138. The summed E-state index contributed by atoms with van der Waals surface area (Å²) in [6.45, 7) is 4.07. The van der Waals surface area contributed by atoms with E-state index in [1.54, 1.807) is 10.9 Å². The second kappa shape index (κ2) is 10.4. The van der Waals surface area contributed by atoms with Gasteiger partial charge >= 0.3 is 12.1 Å². The van der Waals surface area contributed by atoms with Gasteiger partial charge in [0.1, 0.15) is 12.4 Å². The van der Waals surface area contributed by atoms with Gasteiger partial charge in [-0.3, -0.25) is 4.79 Å². The van der Waals surface area contributed by atoms with Crippen LogP contribution >= 0.6 is 0 Å². The number of aryl methyl sites for hydroxylation is 1. The Morgan fingerprint density at radius 1 is 1.12 bits per heavy atom. The van der Waals surface area contributed by atoms with Crippen LogP contribution in [-0.4, -0.2) is 27.5 Å². The maximum atomic E-state index is 12.9. The molecule has 0 radical (unpaired) electrons. The minimum absolute atomic E-state index is 0.0755. The molecule has 0 amide bonds. The average molecular weight is 458 g/mol. The summed E-state index contributed by atoms with van der Waals surface area (Å²) in [5.41, 5.74) is 3.44. The highest BCUT2D eigenvalue weighted by Crippen LogP contribution is 2.30. The van der Waals surface area contributed by atoms with Gasteiger partial charge in [0, 0.05) is 18.4 Å². The van der Waals surface area contributed by atoms with Gasteiger partial charge in [0.15, 0.2) is 0 Å². The molecule has 174 valence electrons. The van der Waals surface area contributed by atoms with Crippen molar-refractivity contribution in [2.75, 3.05) is 6.61 Å². The molecule has 1 N–H and O–H groups in total. The third kappa shape index (κ3) is 6.47. The highest BCUT2D eigenvalue weighted by molar-refractivity contribution is 5.67. The summed E-state index contributed by atoms with van der Waals surface area (Å²) in [5.74, 6) is -0.159. The Morgan fingerprint density at radius 2 is 1.82 bits per heavy atom. The maximum Gasteiger partial charge on any atom is 0.416 e. The van der Waals surface area contributed by atoms with Crippen molar-refractivity contribution in [3.05, 3.63) is 88.8 Å². The molecule has 5 nitrogen and oxygen atoms in total. The normalized spacial score (nSPS) is 12.1. The van der Waals surface area contributed by atoms with Gasteiger partial charge in [0.2, 0.25) is 0 Å². The first-order chi connectivity index (χ1) is 15.6. The highest BCUT2D eigenvalue weighted by Gasteiger charge is 2.30. The van der Waals surface area contributed by atoms with Crippen molar-refractivity contribution >= 4 is 5.97 Å². The van der Waals surface area contributed by atoms with Crippen LogP contribution < -0.4 is 4.74 Å². The van der Waals surface area contributed by atoms with Crippen molar-refractivity contribution in [2.24, 2.45) is 0 Å². The monoisotopic (exact) mass is 458 g/mol. The summed E-state index contributed by atoms with van der Waals surface area (Å²) in [4.78, 5) is 10.7. The summed E-state index contributed by atoms with van der Waals surface area (Å²) in [5, 5.41) is 13.1. The average Bonchev–Trinajstić information content (AvgIpc) is 3.13. The number of carbonyl (C=O) groups is 1. The van der Waals surface area contributed by atoms with Gasteiger partial charge in [-0.2, -0.15) is 18.3 Å². The lowest BCUT2D eigenvalue weighted by Crippen LogP contribution is -2.08. The van der Waals surface area contributed by atoms with Gasteiger partial charge in [-0.05, 0) is 62.2 Å². The molecule has 3 rings (SSSR count). The minimum Gasteiger partial charge on any atom is -0.489 e. The van der Waals surface area contributed by atoms with Crippen LogP contribution in [0.1, 0.15) is 42.1 Å². The number of benzene rings is 2. The van der Waals surface area contributed by atoms with Crippen LogP contribution in [0.5, 0.6) is 5.75 Å². The van der Waals surface area contributed by atoms with Gasteiger partial charge in [-0.25, -0.2) is 4.68 Å². The summed E-state index contributed by atoms with van der Waals surface area (Å²) in [7, 11) is 0. The van der Waals surface area contributed by atoms with E-state index in [-0.39, 0.29) is 6.42 Å². The number of halogens is 3. The number of rotatable bonds is 9. The summed E-state index contributed by atoms with van der Waals surface area (Å²) in [6.07, 6.45) is 0.170. The second-order valence-corrected chi connectivity index (χ2v) is 7.77. The molecule has 0 bridgehead atoms. The number of alkyl halides is 3. The molecule has 1 heterocycles. The van der Waals surface area contributed by atoms with E-state index in [0.29, 0.717) is 30.9 Å². The molecule has 0 aliphatic rings. The molecule has 0 aliphatic heterocycles. The standard InChI is InChI=1S/C25H25F3N2O3/c1-17(7-12-24(31)32)13-14-33-23-6-4-3-5-19(23)15-22-18(2)16-29-30(22)21-10-8-20(9-11-21)25(26,27)28/h3-6,8-11,13,16H,7,12,14-15H2,1-2H3,(H,31,32)/b17-13+. The Kier molecular flexibility index (Phi) is 7.58. The number of allylic oxidation sites excluding steroid dienone is 1. The third-order valence-corrected chi connectivity index (χ3v) is 5.25. The number of hydrogen-bond acceptors (Lipinski definition) is 3. The number of hydrogen-bond donors (Lipinski definition) is 1. The lowest BCUT2D eigenvalue weighted by atomic mass is 10.1. The SMILES string of the molecule is C/C(=C\COc1ccccc1Cc1c(C)cnn1-c1ccc(C(F)(F)F)cc1)CCC(=O)O. The number of aliphatic carboxylic acids is 1. The first-order valence-electron chi connectivity index (χ1n) is 10.4. The molecule has 0 fully saturated rings. The molecule has 0 atom stereocenters. The first kappa shape index (κ1) is 24.1. The Morgan fingerprint density at radius 3 is 2.48 bits per heavy atom. The number of ether oxygens (including phenoxy) is 1. The highest BCUT2D eigenvalue weighted by atomic mass is 19.4. The van der Waals surface area contributed by atoms with Crippen molar-refractivity contribution < 1.29 is 27.8 Å². The Labute approximate surface area is 190 Å². The summed E-state index contributed by atoms with van der Waals surface area (Å²) < 4.78 is 46.3. The number of nitrogens with zero attached hydrogens (tertiary/aromatic N) is 2. The predicted molar refractivity (Wildman–Crippen MR) is 119 cm³/mol. The topological polar surface area (TPSA) is 64.4 Å². The molecule has 1 aromatic heterocycles. The van der Waals surface area contributed by atoms with Crippen LogP contribution in [-0.2, 0) is 17.4 Å². The molecule has 0 unspecified atom stereocenters. The first-order valence-corrected chi connectivity index (χ1v) is 10.4. The van der Waals surface area contributed by atoms with Crippen LogP contribution in [0.15, 0.2) is 66.4 Å². The zero-order chi connectivity index (χ0) is 24.0. The van der Waals surface area contributed by atoms with E-state index in [9.17, 15) is 18.0 Å². The van der Waals surface area contributed by atoms with Crippen molar-refractivity contribution in [3.8, 4) is 11.4 Å². The zero-order valence-electron chi connectivity index (χ0n) is 18.4. The summed E-state index contributed by atoms with van der Waals surface area (Å²) in [6, 6.07) is 12.4. The molecule has 0 saturated heterocycles. The molecule has 2 aromatic carbocycles. The number of aromatic nitrogens is 2. The van der Waals surface area contributed by atoms with Crippen LogP contribution in [0.3, 0.4) is 0 Å². The van der Waals surface area contributed by atoms with Gasteiger partial charge in [-0.15, -0.1) is 0 Å². The van der Waals surface area contributed by atoms with E-state index >= 15 is 0 Å². The van der Waals surface area contributed by atoms with E-state index in [4.69, 9.17) is 9.84 Å². The van der Waals surface area contributed by atoms with E-state index in [0.717, 1.165) is 34.5 Å². The quantitative estimate of drug-likeness (QED) is 0.401. The zero-order valence-corrected chi connectivity index (χ0v) is 18.4. The third-order valence-electron chi connectivity index (χ3n) is 5.25. The van der Waals surface area contributed by atoms with Crippen LogP contribution in [0.2, 0.25) is 0 Å². The van der Waals surface area contributed by atoms with Gasteiger partial charge in [0.05, 0.1) is 23.1 Å². The lowest BCUT2D eigenvalue weighted by Gasteiger charge is -2.14. The van der Waals surface area contributed by atoms with Gasteiger partial charge in [-0.1, -0.05) is 23.8 Å². The van der Waals surface area contributed by atoms with Gasteiger partial charge < -0.3 is 9.84 Å². The molecule has 3 aromatic rings. The Balaban J connectivity index is 1.78. The largest absolute Gasteiger partial charge is 0.489 e. The molecule has 0 aliphatic carbocycles. The molecular formula is C25H25F3N2O3. The van der Waals surface area contributed by atoms with Crippen molar-refractivity contribution in [1.82, 2.24) is 9.78 Å². The van der Waals surface area contributed by atoms with E-state index in [1.165, 1.54) is 12.1 Å². The fourth-order valence-corrected chi connectivity index (χ4v) is 3.33. The molecule has 33 heavy (non-hydrogen) atoms. The minimum atomic E-state index is -4.39. The fraction of sp³-hybridized carbons (Fsp3) is 0.280. The number of carboxylic acids is 1. The van der Waals surface area contributed by atoms with E-state index in [1.807, 2.05) is 44.2 Å². The van der Waals surface area contributed by atoms with Gasteiger partial charge in [0.25, 0.3) is 0 Å². The second-order valence-electron chi connectivity index (χ2n) is 7.77. The predicted octanol–water partition coefficient (Wildman–Crippen LogP) is 5.98. The van der Waals surface area contributed by atoms with Crippen LogP contribution in [0, 0.1) is 6.92 Å². The summed E-state index contributed by atoms with van der Waals surface area (Å²) >= 11 is 0. The molecular weight excluding hydrogens is 433 g/mol. The number of para-hydroxylation sites is 1. The molecule has 0 saturated carbocycles. The van der Waals surface area contributed by atoms with Crippen molar-refractivity contribution in [2.45, 2.75) is 39.3 Å². The maximum absolute atomic E-state index is 12.9. The molecule has 0 spiro atoms. The molecule has 8 heteroatoms. The smallest absolute Gasteiger partial charge is 0.416 e. The number of carboxylic acid groups (broad SMARTS) is 1. The van der Waals surface area contributed by atoms with Crippen molar-refractivity contribution in [1.29, 1.82) is 0 Å². The van der Waals surface area contributed by atoms with Crippen LogP contribution in [0.4, 0.5) is 13.2 Å². The van der Waals surface area contributed by atoms with Crippen molar-refractivity contribution in [3.63, 3.8) is 0 Å². The van der Waals surface area contributed by atoms with E-state index < -0.39 is 17.7 Å². The Bertz CT molecular complexity index is 1130.